The average molecular weight is 461 g/mol. The number of nitrogens with one attached hydrogen (secondary N) is 1. The molecule has 3 rings (SSSR count). The Kier molecular flexibility index (Phi) is 10.6. The first-order valence-electron chi connectivity index (χ1n) is 10.5. The van der Waals surface area contributed by atoms with Gasteiger partial charge >= 0.3 is 0 Å². The van der Waals surface area contributed by atoms with Gasteiger partial charge in [0.25, 0.3) is 0 Å². The van der Waals surface area contributed by atoms with E-state index in [0.29, 0.717) is 24.4 Å². The molecule has 0 saturated carbocycles. The van der Waals surface area contributed by atoms with Crippen LogP contribution in [-0.4, -0.2) is 11.6 Å². The molecule has 0 radical (unpaired) electrons. The first-order valence-corrected chi connectivity index (χ1v) is 10.8. The minimum absolute atomic E-state index is 0. The van der Waals surface area contributed by atoms with Gasteiger partial charge in [0, 0.05) is 24.3 Å². The van der Waals surface area contributed by atoms with Crippen LogP contribution < -0.4 is 14.8 Å². The zero-order valence-corrected chi connectivity index (χ0v) is 19.6. The molecule has 166 valence electrons. The van der Waals surface area contributed by atoms with E-state index in [1.165, 1.54) is 5.56 Å². The van der Waals surface area contributed by atoms with Crippen LogP contribution in [0.3, 0.4) is 0 Å². The monoisotopic (exact) mass is 460 g/mol. The van der Waals surface area contributed by atoms with Crippen LogP contribution in [0.5, 0.6) is 11.5 Å². The zero-order chi connectivity index (χ0) is 21.2. The van der Waals surface area contributed by atoms with Crippen LogP contribution in [0.2, 0.25) is 5.15 Å². The summed E-state index contributed by atoms with van der Waals surface area (Å²) in [6, 6.07) is 20.7. The Bertz CT molecular complexity index is 905. The normalized spacial score (nSPS) is 11.5. The van der Waals surface area contributed by atoms with E-state index < -0.39 is 0 Å². The third kappa shape index (κ3) is 7.73. The Labute approximate surface area is 196 Å². The number of benzene rings is 2. The smallest absolute Gasteiger partial charge is 0.161 e. The largest absolute Gasteiger partial charge is 0.490 e. The van der Waals surface area contributed by atoms with E-state index >= 15 is 0 Å². The van der Waals surface area contributed by atoms with Gasteiger partial charge in [-0.15, -0.1) is 12.4 Å². The third-order valence-electron chi connectivity index (χ3n) is 4.82. The first-order chi connectivity index (χ1) is 14.7. The highest BCUT2D eigenvalue weighted by atomic mass is 35.5. The second kappa shape index (κ2) is 13.2. The highest BCUT2D eigenvalue weighted by Gasteiger charge is 2.12. The van der Waals surface area contributed by atoms with Crippen LogP contribution in [0, 0.1) is 0 Å². The number of rotatable bonds is 11. The molecule has 2 aromatic carbocycles. The van der Waals surface area contributed by atoms with Crippen LogP contribution in [0.25, 0.3) is 0 Å². The Morgan fingerprint density at radius 2 is 1.71 bits per heavy atom. The molecule has 0 saturated heterocycles. The molecule has 0 aliphatic rings. The fraction of sp³-hybridized carbons (Fsp3) is 0.320. The summed E-state index contributed by atoms with van der Waals surface area (Å²) in [4.78, 5) is 4.09. The van der Waals surface area contributed by atoms with E-state index in [2.05, 4.69) is 59.7 Å². The molecule has 0 spiro atoms. The minimum Gasteiger partial charge on any atom is -0.490 e. The van der Waals surface area contributed by atoms with Crippen molar-refractivity contribution >= 4 is 24.0 Å². The minimum atomic E-state index is 0. The van der Waals surface area contributed by atoms with Crippen LogP contribution in [0.1, 0.15) is 49.4 Å². The number of halogens is 2. The molecule has 0 aliphatic heterocycles. The van der Waals surface area contributed by atoms with Gasteiger partial charge in [0.05, 0.1) is 6.61 Å². The van der Waals surface area contributed by atoms with Crippen LogP contribution in [-0.2, 0) is 13.2 Å². The number of pyridine rings is 1. The fourth-order valence-corrected chi connectivity index (χ4v) is 3.42. The van der Waals surface area contributed by atoms with Crippen molar-refractivity contribution in [2.45, 2.75) is 45.9 Å². The van der Waals surface area contributed by atoms with Gasteiger partial charge in [-0.2, -0.15) is 0 Å². The van der Waals surface area contributed by atoms with Crippen molar-refractivity contribution in [3.05, 3.63) is 88.7 Å². The van der Waals surface area contributed by atoms with Gasteiger partial charge in [-0.25, -0.2) is 4.98 Å². The Balaban J connectivity index is 0.00000341. The van der Waals surface area contributed by atoms with Crippen molar-refractivity contribution in [2.24, 2.45) is 0 Å². The molecule has 6 heteroatoms. The molecular formula is C25H30Cl2N2O2. The average Bonchev–Trinajstić information content (AvgIpc) is 2.78. The molecule has 1 atom stereocenters. The Morgan fingerprint density at radius 1 is 0.935 bits per heavy atom. The summed E-state index contributed by atoms with van der Waals surface area (Å²) in [5.41, 5.74) is 3.44. The quantitative estimate of drug-likeness (QED) is 0.320. The molecular weight excluding hydrogens is 431 g/mol. The van der Waals surface area contributed by atoms with Crippen molar-refractivity contribution < 1.29 is 9.47 Å². The van der Waals surface area contributed by atoms with Crippen molar-refractivity contribution in [1.29, 1.82) is 0 Å². The molecule has 0 bridgehead atoms. The van der Waals surface area contributed by atoms with Crippen molar-refractivity contribution in [3.63, 3.8) is 0 Å². The molecule has 3 aromatic rings. The molecule has 1 N–H and O–H groups in total. The van der Waals surface area contributed by atoms with E-state index in [1.54, 1.807) is 12.3 Å². The number of nitrogens with zero attached hydrogens (tertiary/aromatic N) is 1. The maximum atomic E-state index is 5.98. The lowest BCUT2D eigenvalue weighted by molar-refractivity contribution is 0.268. The maximum absolute atomic E-state index is 5.98. The van der Waals surface area contributed by atoms with Crippen LogP contribution in [0.15, 0.2) is 66.9 Å². The van der Waals surface area contributed by atoms with E-state index in [0.717, 1.165) is 42.0 Å². The van der Waals surface area contributed by atoms with Crippen LogP contribution in [0.4, 0.5) is 0 Å². The van der Waals surface area contributed by atoms with Crippen molar-refractivity contribution in [3.8, 4) is 11.5 Å². The summed E-state index contributed by atoms with van der Waals surface area (Å²) in [5, 5.41) is 4.16. The summed E-state index contributed by atoms with van der Waals surface area (Å²) in [6.07, 6.45) is 3.94. The summed E-state index contributed by atoms with van der Waals surface area (Å²) >= 11 is 5.85. The molecule has 0 amide bonds. The summed E-state index contributed by atoms with van der Waals surface area (Å²) < 4.78 is 11.8. The summed E-state index contributed by atoms with van der Waals surface area (Å²) in [6.45, 7) is 5.95. The summed E-state index contributed by atoms with van der Waals surface area (Å²) in [5.74, 6) is 1.48. The second-order valence-electron chi connectivity index (χ2n) is 7.12. The SMILES string of the molecule is CCCC(NCc1ccc(OCc2ccc(Cl)nc2)c(OCC)c1)c1ccccc1.Cl. The lowest BCUT2D eigenvalue weighted by atomic mass is 10.0. The Morgan fingerprint density at radius 3 is 2.39 bits per heavy atom. The fourth-order valence-electron chi connectivity index (χ4n) is 3.30. The number of aromatic nitrogens is 1. The number of hydrogen-bond donors (Lipinski definition) is 1. The van der Waals surface area contributed by atoms with Gasteiger partial charge in [-0.05, 0) is 42.7 Å². The summed E-state index contributed by atoms with van der Waals surface area (Å²) in [7, 11) is 0. The number of hydrogen-bond acceptors (Lipinski definition) is 4. The van der Waals surface area contributed by atoms with E-state index in [4.69, 9.17) is 21.1 Å². The topological polar surface area (TPSA) is 43.4 Å². The number of ether oxygens (including phenoxy) is 2. The third-order valence-corrected chi connectivity index (χ3v) is 5.05. The van der Waals surface area contributed by atoms with Gasteiger partial charge in [-0.1, -0.05) is 67.4 Å². The van der Waals surface area contributed by atoms with Gasteiger partial charge in [0.2, 0.25) is 0 Å². The van der Waals surface area contributed by atoms with Crippen molar-refractivity contribution in [2.75, 3.05) is 6.61 Å². The Hall–Kier alpha value is -2.27. The highest BCUT2D eigenvalue weighted by Crippen LogP contribution is 2.30. The van der Waals surface area contributed by atoms with E-state index in [9.17, 15) is 0 Å². The molecule has 31 heavy (non-hydrogen) atoms. The van der Waals surface area contributed by atoms with Gasteiger partial charge < -0.3 is 14.8 Å². The molecule has 0 aliphatic carbocycles. The predicted octanol–water partition coefficient (Wildman–Crippen LogP) is 6.77. The standard InChI is InChI=1S/C25H29ClN2O2.ClH/c1-3-8-22(21-9-6-5-7-10-21)27-16-19-11-13-23(24(15-19)29-4-2)30-18-20-12-14-25(26)28-17-20;/h5-7,9-15,17,22,27H,3-4,8,16,18H2,1-2H3;1H. The molecule has 4 nitrogen and oxygen atoms in total. The van der Waals surface area contributed by atoms with Gasteiger partial charge in [0.15, 0.2) is 11.5 Å². The highest BCUT2D eigenvalue weighted by molar-refractivity contribution is 6.29. The first kappa shape index (κ1) is 25.0. The van der Waals surface area contributed by atoms with Crippen LogP contribution >= 0.6 is 24.0 Å². The van der Waals surface area contributed by atoms with E-state index in [-0.39, 0.29) is 12.4 Å². The van der Waals surface area contributed by atoms with Crippen molar-refractivity contribution in [1.82, 2.24) is 10.3 Å². The maximum Gasteiger partial charge on any atom is 0.161 e. The lowest BCUT2D eigenvalue weighted by Gasteiger charge is -2.19. The second-order valence-corrected chi connectivity index (χ2v) is 7.51. The lowest BCUT2D eigenvalue weighted by Crippen LogP contribution is -2.20. The molecule has 1 aromatic heterocycles. The molecule has 1 heterocycles. The zero-order valence-electron chi connectivity index (χ0n) is 18.0. The molecule has 0 fully saturated rings. The van der Waals surface area contributed by atoms with Gasteiger partial charge in [-0.3, -0.25) is 0 Å². The predicted molar refractivity (Wildman–Crippen MR) is 129 cm³/mol. The van der Waals surface area contributed by atoms with E-state index in [1.807, 2.05) is 19.1 Å². The van der Waals surface area contributed by atoms with Gasteiger partial charge in [0.1, 0.15) is 11.8 Å². The molecule has 1 unspecified atom stereocenters.